The summed E-state index contributed by atoms with van der Waals surface area (Å²) in [5, 5.41) is 9.69. The van der Waals surface area contributed by atoms with Crippen molar-refractivity contribution in [1.29, 1.82) is 0 Å². The molecular formula is C20H25F4N3O2. The number of piperidine rings is 1. The van der Waals surface area contributed by atoms with Gasteiger partial charge in [-0.3, -0.25) is 4.79 Å². The Morgan fingerprint density at radius 3 is 2.31 bits per heavy atom. The quantitative estimate of drug-likeness (QED) is 0.753. The number of rotatable bonds is 2. The number of carbonyl (C=O) groups is 1. The summed E-state index contributed by atoms with van der Waals surface area (Å²) in [5.41, 5.74) is -1.82. The van der Waals surface area contributed by atoms with Gasteiger partial charge in [0, 0.05) is 31.9 Å². The number of aliphatic hydroxyl groups is 1. The standard InChI is InChI=1S/C20H25F4N3O2/c21-16-15(20(22,23)24)5-9-25-17(16)26-10-6-19(7-11-26)8-12-27(18(19)29)13-1-3-14(28)4-2-13/h5,9,13-14,28H,1-4,6-8,10-12H2. The van der Waals surface area contributed by atoms with Gasteiger partial charge >= 0.3 is 6.18 Å². The summed E-state index contributed by atoms with van der Waals surface area (Å²) in [5.74, 6) is -1.54. The molecule has 0 bridgehead atoms. The zero-order valence-corrected chi connectivity index (χ0v) is 16.1. The van der Waals surface area contributed by atoms with Crippen LogP contribution < -0.4 is 4.90 Å². The number of alkyl halides is 3. The second kappa shape index (κ2) is 7.41. The van der Waals surface area contributed by atoms with Gasteiger partial charge in [-0.1, -0.05) is 0 Å². The average Bonchev–Trinajstić information content (AvgIpc) is 2.99. The summed E-state index contributed by atoms with van der Waals surface area (Å²) in [7, 11) is 0. The van der Waals surface area contributed by atoms with E-state index in [9.17, 15) is 27.5 Å². The maximum atomic E-state index is 14.4. The lowest BCUT2D eigenvalue weighted by Crippen LogP contribution is -2.48. The van der Waals surface area contributed by atoms with Crippen LogP contribution in [0.5, 0.6) is 0 Å². The van der Waals surface area contributed by atoms with E-state index >= 15 is 0 Å². The lowest BCUT2D eigenvalue weighted by Gasteiger charge is -2.40. The topological polar surface area (TPSA) is 56.7 Å². The molecule has 3 aliphatic rings. The average molecular weight is 415 g/mol. The maximum Gasteiger partial charge on any atom is 0.419 e. The van der Waals surface area contributed by atoms with Crippen LogP contribution in [0.1, 0.15) is 50.5 Å². The molecule has 1 aliphatic carbocycles. The monoisotopic (exact) mass is 415 g/mol. The second-order valence-electron chi connectivity index (χ2n) is 8.47. The molecule has 1 N–H and O–H groups in total. The number of halogens is 4. The van der Waals surface area contributed by atoms with Gasteiger partial charge in [0.15, 0.2) is 11.6 Å². The maximum absolute atomic E-state index is 14.4. The fraction of sp³-hybridized carbons (Fsp3) is 0.700. The molecule has 0 radical (unpaired) electrons. The molecule has 3 heterocycles. The highest BCUT2D eigenvalue weighted by Crippen LogP contribution is 2.45. The van der Waals surface area contributed by atoms with Gasteiger partial charge in [-0.25, -0.2) is 9.37 Å². The van der Waals surface area contributed by atoms with Crippen molar-refractivity contribution in [2.24, 2.45) is 5.41 Å². The van der Waals surface area contributed by atoms with Gasteiger partial charge in [0.05, 0.1) is 17.1 Å². The van der Waals surface area contributed by atoms with Crippen LogP contribution in [0.25, 0.3) is 0 Å². The number of nitrogens with zero attached hydrogens (tertiary/aromatic N) is 3. The molecule has 2 aliphatic heterocycles. The smallest absolute Gasteiger partial charge is 0.393 e. The van der Waals surface area contributed by atoms with Crippen molar-refractivity contribution in [2.45, 2.75) is 63.3 Å². The minimum Gasteiger partial charge on any atom is -0.393 e. The molecule has 9 heteroatoms. The summed E-state index contributed by atoms with van der Waals surface area (Å²) in [4.78, 5) is 20.5. The van der Waals surface area contributed by atoms with Crippen LogP contribution in [0.3, 0.4) is 0 Å². The Balaban J connectivity index is 1.44. The number of hydrogen-bond acceptors (Lipinski definition) is 4. The Morgan fingerprint density at radius 2 is 1.69 bits per heavy atom. The second-order valence-corrected chi connectivity index (χ2v) is 8.47. The van der Waals surface area contributed by atoms with Crippen molar-refractivity contribution < 1.29 is 27.5 Å². The van der Waals surface area contributed by atoms with Gasteiger partial charge in [0.1, 0.15) is 0 Å². The van der Waals surface area contributed by atoms with Crippen molar-refractivity contribution in [3.05, 3.63) is 23.6 Å². The van der Waals surface area contributed by atoms with E-state index in [0.717, 1.165) is 25.5 Å². The number of pyridine rings is 1. The predicted octanol–water partition coefficient (Wildman–Crippen LogP) is 3.36. The van der Waals surface area contributed by atoms with Crippen molar-refractivity contribution in [1.82, 2.24) is 9.88 Å². The van der Waals surface area contributed by atoms with E-state index in [0.29, 0.717) is 51.4 Å². The van der Waals surface area contributed by atoms with Crippen LogP contribution >= 0.6 is 0 Å². The van der Waals surface area contributed by atoms with Gasteiger partial charge < -0.3 is 14.9 Å². The number of aromatic nitrogens is 1. The lowest BCUT2D eigenvalue weighted by molar-refractivity contribution is -0.140. The molecule has 1 amide bonds. The van der Waals surface area contributed by atoms with E-state index in [2.05, 4.69) is 4.98 Å². The Hall–Kier alpha value is -1.90. The van der Waals surface area contributed by atoms with Gasteiger partial charge in [0.25, 0.3) is 0 Å². The van der Waals surface area contributed by atoms with Crippen LogP contribution in [-0.4, -0.2) is 52.7 Å². The molecule has 1 spiro atoms. The molecule has 1 aromatic rings. The number of aliphatic hydroxyl groups excluding tert-OH is 1. The predicted molar refractivity (Wildman–Crippen MR) is 97.7 cm³/mol. The molecular weight excluding hydrogens is 390 g/mol. The summed E-state index contributed by atoms with van der Waals surface area (Å²) in [6.45, 7) is 1.28. The molecule has 0 atom stereocenters. The largest absolute Gasteiger partial charge is 0.419 e. The molecule has 2 saturated heterocycles. The van der Waals surface area contributed by atoms with E-state index in [-0.39, 0.29) is 23.9 Å². The number of carbonyl (C=O) groups excluding carboxylic acids is 1. The van der Waals surface area contributed by atoms with Crippen LogP contribution in [0, 0.1) is 11.2 Å². The number of likely N-dealkylation sites (tertiary alicyclic amines) is 1. The third kappa shape index (κ3) is 3.69. The highest BCUT2D eigenvalue weighted by Gasteiger charge is 2.50. The minimum atomic E-state index is -4.77. The number of anilines is 1. The first-order valence-corrected chi connectivity index (χ1v) is 10.2. The summed E-state index contributed by atoms with van der Waals surface area (Å²) in [6.07, 6.45) is 0.617. The normalized spacial score (nSPS) is 27.7. The molecule has 5 nitrogen and oxygen atoms in total. The van der Waals surface area contributed by atoms with Crippen molar-refractivity contribution in [3.63, 3.8) is 0 Å². The van der Waals surface area contributed by atoms with E-state index < -0.39 is 23.0 Å². The Bertz CT molecular complexity index is 769. The zero-order valence-electron chi connectivity index (χ0n) is 16.1. The zero-order chi connectivity index (χ0) is 20.8. The third-order valence-corrected chi connectivity index (χ3v) is 6.85. The first-order valence-electron chi connectivity index (χ1n) is 10.2. The van der Waals surface area contributed by atoms with Crippen molar-refractivity contribution in [3.8, 4) is 0 Å². The van der Waals surface area contributed by atoms with E-state index in [1.807, 2.05) is 4.90 Å². The highest BCUT2D eigenvalue weighted by molar-refractivity contribution is 5.85. The minimum absolute atomic E-state index is 0.107. The molecule has 1 aromatic heterocycles. The molecule has 0 unspecified atom stereocenters. The van der Waals surface area contributed by atoms with Crippen LogP contribution in [-0.2, 0) is 11.0 Å². The van der Waals surface area contributed by atoms with Gasteiger partial charge in [-0.15, -0.1) is 0 Å². The fourth-order valence-electron chi connectivity index (χ4n) is 5.05. The first-order chi connectivity index (χ1) is 13.7. The van der Waals surface area contributed by atoms with E-state index in [1.54, 1.807) is 0 Å². The summed E-state index contributed by atoms with van der Waals surface area (Å²) >= 11 is 0. The van der Waals surface area contributed by atoms with E-state index in [4.69, 9.17) is 0 Å². The third-order valence-electron chi connectivity index (χ3n) is 6.85. The molecule has 1 saturated carbocycles. The number of hydrogen-bond donors (Lipinski definition) is 1. The highest BCUT2D eigenvalue weighted by atomic mass is 19.4. The Labute approximate surface area is 166 Å². The first kappa shape index (κ1) is 20.4. The lowest BCUT2D eigenvalue weighted by atomic mass is 9.77. The van der Waals surface area contributed by atoms with Crippen molar-refractivity contribution in [2.75, 3.05) is 24.5 Å². The molecule has 4 rings (SSSR count). The van der Waals surface area contributed by atoms with Crippen LogP contribution in [0.4, 0.5) is 23.4 Å². The van der Waals surface area contributed by atoms with Crippen LogP contribution in [0.2, 0.25) is 0 Å². The summed E-state index contributed by atoms with van der Waals surface area (Å²) < 4.78 is 53.4. The van der Waals surface area contributed by atoms with Crippen LogP contribution in [0.15, 0.2) is 12.3 Å². The van der Waals surface area contributed by atoms with Gasteiger partial charge in [-0.2, -0.15) is 13.2 Å². The Kier molecular flexibility index (Phi) is 5.21. The van der Waals surface area contributed by atoms with Gasteiger partial charge in [-0.05, 0) is 51.0 Å². The van der Waals surface area contributed by atoms with E-state index in [1.165, 1.54) is 4.90 Å². The molecule has 0 aromatic carbocycles. The SMILES string of the molecule is O=C1N(C2CCC(O)CC2)CCC12CCN(c1nccc(C(F)(F)F)c1F)CC2. The Morgan fingerprint density at radius 1 is 1.07 bits per heavy atom. The van der Waals surface area contributed by atoms with Crippen molar-refractivity contribution >= 4 is 11.7 Å². The number of amides is 1. The fourth-order valence-corrected chi connectivity index (χ4v) is 5.05. The summed E-state index contributed by atoms with van der Waals surface area (Å²) in [6, 6.07) is 0.801. The molecule has 160 valence electrons. The molecule has 3 fully saturated rings. The molecule has 29 heavy (non-hydrogen) atoms. The van der Waals surface area contributed by atoms with Gasteiger partial charge in [0.2, 0.25) is 5.91 Å².